The first-order valence-electron chi connectivity index (χ1n) is 24.1. The van der Waals surface area contributed by atoms with Crippen molar-refractivity contribution in [3.05, 3.63) is 181 Å². The lowest BCUT2D eigenvalue weighted by molar-refractivity contribution is 0.669. The van der Waals surface area contributed by atoms with Gasteiger partial charge in [-0.2, -0.15) is 0 Å². The van der Waals surface area contributed by atoms with Gasteiger partial charge in [-0.3, -0.25) is 0 Å². The quantitative estimate of drug-likeness (QED) is 0.180. The summed E-state index contributed by atoms with van der Waals surface area (Å²) in [7, 11) is 0. The maximum Gasteiger partial charge on any atom is 0.135 e. The summed E-state index contributed by atoms with van der Waals surface area (Å²) in [6.45, 7) is 0. The summed E-state index contributed by atoms with van der Waals surface area (Å²) in [6.07, 6.45) is -3.24. The lowest BCUT2D eigenvalue weighted by atomic mass is 9.97. The van der Waals surface area contributed by atoms with Gasteiger partial charge in [0.2, 0.25) is 0 Å². The minimum atomic E-state index is -1.65. The maximum atomic E-state index is 9.64. The third kappa shape index (κ3) is 4.80. The average Bonchev–Trinajstić information content (AvgIpc) is 3.89. The SMILES string of the molecule is [2H]C1=C([2H])C([2H])C([2H])C([2H])=C1c1c([2H])c([2H])c2c(c1[2H])c1c([2H])c(-c3c([2H])c([2H])c([2H])c([2H])c3[2H])c([2H])c([2H])c1n2-c1ccc(-c2ccc(-c3ccc4oc5ccccc5c4c3)cc2)cc1. The molecule has 1 aliphatic carbocycles. The molecule has 2 nitrogen and oxygen atoms in total. The average molecular weight is 656 g/mol. The topological polar surface area (TPSA) is 18.1 Å². The first kappa shape index (κ1) is 16.8. The van der Waals surface area contributed by atoms with Crippen LogP contribution in [0.2, 0.25) is 0 Å². The van der Waals surface area contributed by atoms with Crippen LogP contribution in [0.1, 0.15) is 40.3 Å². The predicted octanol–water partition coefficient (Wildman–Crippen LogP) is 13.4. The maximum absolute atomic E-state index is 9.64. The smallest absolute Gasteiger partial charge is 0.135 e. The molecule has 0 saturated heterocycles. The fourth-order valence-corrected chi connectivity index (χ4v) is 6.51. The second-order valence-corrected chi connectivity index (χ2v) is 11.8. The molecule has 7 aromatic carbocycles. The fourth-order valence-electron chi connectivity index (χ4n) is 6.51. The Morgan fingerprint density at radius 3 is 1.94 bits per heavy atom. The molecule has 2 aromatic heterocycles. The van der Waals surface area contributed by atoms with E-state index in [-0.39, 0.29) is 21.8 Å². The summed E-state index contributed by atoms with van der Waals surface area (Å²) in [5.74, 6) is 0. The van der Waals surface area contributed by atoms with E-state index in [1.165, 1.54) is 4.57 Å². The van der Waals surface area contributed by atoms with Gasteiger partial charge >= 0.3 is 0 Å². The van der Waals surface area contributed by atoms with Gasteiger partial charge < -0.3 is 8.98 Å². The molecule has 1 aliphatic rings. The summed E-state index contributed by atoms with van der Waals surface area (Å²) in [5, 5.41) is 1.55. The van der Waals surface area contributed by atoms with Crippen molar-refractivity contribution in [2.45, 2.75) is 12.8 Å². The van der Waals surface area contributed by atoms with Crippen molar-refractivity contribution in [2.24, 2.45) is 0 Å². The van der Waals surface area contributed by atoms with Crippen molar-refractivity contribution in [1.82, 2.24) is 4.57 Å². The number of fused-ring (bicyclic) bond motifs is 6. The molecule has 10 rings (SSSR count). The van der Waals surface area contributed by atoms with E-state index in [0.29, 0.717) is 5.69 Å². The van der Waals surface area contributed by atoms with Gasteiger partial charge in [0.25, 0.3) is 0 Å². The molecule has 9 aromatic rings. The van der Waals surface area contributed by atoms with E-state index < -0.39 is 120 Å². The van der Waals surface area contributed by atoms with Crippen LogP contribution < -0.4 is 0 Å². The Morgan fingerprint density at radius 2 is 1.16 bits per heavy atom. The first-order chi connectivity index (χ1) is 31.4. The molecule has 0 fully saturated rings. The zero-order valence-corrected chi connectivity index (χ0v) is 26.2. The lowest BCUT2D eigenvalue weighted by Crippen LogP contribution is -1.94. The minimum absolute atomic E-state index is 0.159. The van der Waals surface area contributed by atoms with Crippen LogP contribution in [-0.4, -0.2) is 4.57 Å². The van der Waals surface area contributed by atoms with E-state index in [9.17, 15) is 8.22 Å². The highest BCUT2D eigenvalue weighted by molar-refractivity contribution is 6.11. The molecule has 236 valence electrons. The van der Waals surface area contributed by atoms with Gasteiger partial charge in [-0.05, 0) is 112 Å². The summed E-state index contributed by atoms with van der Waals surface area (Å²) in [5.41, 5.74) is 3.21. The minimum Gasteiger partial charge on any atom is -0.456 e. The molecule has 0 bridgehead atoms. The summed E-state index contributed by atoms with van der Waals surface area (Å²) in [6, 6.07) is 19.5. The van der Waals surface area contributed by atoms with Crippen molar-refractivity contribution in [2.75, 3.05) is 0 Å². The molecule has 0 amide bonds. The highest BCUT2D eigenvalue weighted by Gasteiger charge is 2.16. The molecule has 0 aliphatic heterocycles. The van der Waals surface area contributed by atoms with Crippen LogP contribution in [-0.2, 0) is 0 Å². The van der Waals surface area contributed by atoms with Gasteiger partial charge in [0, 0.05) is 30.0 Å². The molecule has 2 heterocycles. The van der Waals surface area contributed by atoms with Gasteiger partial charge in [0.15, 0.2) is 0 Å². The Balaban J connectivity index is 1.19. The first-order valence-corrected chi connectivity index (χ1v) is 15.9. The van der Waals surface area contributed by atoms with Crippen LogP contribution in [0.4, 0.5) is 0 Å². The third-order valence-corrected chi connectivity index (χ3v) is 8.93. The number of nitrogens with zero attached hydrogens (tertiary/aromatic N) is 1. The Labute approximate surface area is 313 Å². The summed E-state index contributed by atoms with van der Waals surface area (Å²) < 4.78 is 149. The molecular formula is C48H33NO. The van der Waals surface area contributed by atoms with Gasteiger partial charge in [-0.25, -0.2) is 0 Å². The molecule has 2 atom stereocenters. The zero-order valence-electron chi connectivity index (χ0n) is 42.2. The number of hydrogen-bond donors (Lipinski definition) is 0. The van der Waals surface area contributed by atoms with Crippen LogP contribution in [0.3, 0.4) is 0 Å². The monoisotopic (exact) mass is 655 g/mol. The van der Waals surface area contributed by atoms with Crippen LogP contribution >= 0.6 is 0 Å². The van der Waals surface area contributed by atoms with Gasteiger partial charge in [0.05, 0.1) is 30.2 Å². The van der Waals surface area contributed by atoms with Crippen LogP contribution in [0.25, 0.3) is 88.4 Å². The number of allylic oxidation sites excluding steroid dienone is 4. The standard InChI is InChI=1S/C48H33NO/c1-3-9-32(10-4-1)37-21-26-45-42(29-37)43-30-38(33-11-5-2-6-12-33)22-27-46(43)49(45)40-24-19-35(20-25-40)34-15-17-36(18-16-34)39-23-28-48-44(31-39)41-13-7-8-14-47(41)50-48/h1,3-5,7-31H,2,6H2/i1D,2D,3D,4D,5D,6D,9D,10D,11D,12D,21D,22D,26D,27D,29D,30D. The highest BCUT2D eigenvalue weighted by atomic mass is 16.3. The van der Waals surface area contributed by atoms with E-state index in [2.05, 4.69) is 6.07 Å². The second-order valence-electron chi connectivity index (χ2n) is 11.8. The summed E-state index contributed by atoms with van der Waals surface area (Å²) >= 11 is 0. The number of hydrogen-bond acceptors (Lipinski definition) is 1. The number of aromatic nitrogens is 1. The molecule has 0 N–H and O–H groups in total. The van der Waals surface area contributed by atoms with Gasteiger partial charge in [-0.1, -0.05) is 121 Å². The van der Waals surface area contributed by atoms with Gasteiger partial charge in [-0.15, -0.1) is 0 Å². The lowest BCUT2D eigenvalue weighted by Gasteiger charge is -2.11. The third-order valence-electron chi connectivity index (χ3n) is 8.93. The van der Waals surface area contributed by atoms with Crippen LogP contribution in [0.5, 0.6) is 0 Å². The van der Waals surface area contributed by atoms with E-state index in [0.717, 1.165) is 44.2 Å². The van der Waals surface area contributed by atoms with Crippen molar-refractivity contribution in [1.29, 1.82) is 0 Å². The molecule has 0 spiro atoms. The number of benzene rings is 7. The molecule has 2 unspecified atom stereocenters. The predicted molar refractivity (Wildman–Crippen MR) is 211 cm³/mol. The molecule has 0 radical (unpaired) electrons. The van der Waals surface area contributed by atoms with Crippen LogP contribution in [0, 0.1) is 0 Å². The van der Waals surface area contributed by atoms with Crippen molar-refractivity contribution < 1.29 is 26.3 Å². The summed E-state index contributed by atoms with van der Waals surface area (Å²) in [4.78, 5) is 0. The van der Waals surface area contributed by atoms with Gasteiger partial charge in [0.1, 0.15) is 11.2 Å². The van der Waals surface area contributed by atoms with E-state index in [1.807, 2.05) is 60.7 Å². The van der Waals surface area contributed by atoms with Crippen LogP contribution in [0.15, 0.2) is 180 Å². The van der Waals surface area contributed by atoms with Crippen molar-refractivity contribution >= 4 is 49.3 Å². The number of para-hydroxylation sites is 1. The Bertz CT molecular complexity index is 3630. The van der Waals surface area contributed by atoms with E-state index in [4.69, 9.17) is 18.1 Å². The van der Waals surface area contributed by atoms with Crippen molar-refractivity contribution in [3.63, 3.8) is 0 Å². The Kier molecular flexibility index (Phi) is 3.92. The molecular weight excluding hydrogens is 607 g/mol. The highest BCUT2D eigenvalue weighted by Crippen LogP contribution is 2.38. The second kappa shape index (κ2) is 11.6. The Hall–Kier alpha value is -6.38. The Morgan fingerprint density at radius 1 is 0.520 bits per heavy atom. The molecule has 2 heteroatoms. The normalized spacial score (nSPS) is 21.1. The molecule has 0 saturated carbocycles. The van der Waals surface area contributed by atoms with E-state index >= 15 is 0 Å². The molecule has 50 heavy (non-hydrogen) atoms. The number of rotatable bonds is 5. The largest absolute Gasteiger partial charge is 0.456 e. The number of furan rings is 1. The fraction of sp³-hybridized carbons (Fsp3) is 0.0417. The zero-order chi connectivity index (χ0) is 46.9. The van der Waals surface area contributed by atoms with E-state index in [1.54, 1.807) is 24.3 Å². The van der Waals surface area contributed by atoms with Crippen molar-refractivity contribution in [3.8, 4) is 39.1 Å².